The molecule has 0 saturated carbocycles. The van der Waals surface area contributed by atoms with Gasteiger partial charge in [-0.25, -0.2) is 4.39 Å². The van der Waals surface area contributed by atoms with Gasteiger partial charge in [-0.3, -0.25) is 4.98 Å². The van der Waals surface area contributed by atoms with Gasteiger partial charge in [-0.05, 0) is 42.1 Å². The molecule has 0 saturated heterocycles. The average molecular weight is 286 g/mol. The quantitative estimate of drug-likeness (QED) is 0.822. The van der Waals surface area contributed by atoms with E-state index in [-0.39, 0.29) is 11.9 Å². The number of aromatic nitrogens is 1. The first-order valence-electron chi connectivity index (χ1n) is 7.67. The average Bonchev–Trinajstić information content (AvgIpc) is 2.49. The minimum absolute atomic E-state index is 0.00930. The Morgan fingerprint density at radius 3 is 2.67 bits per heavy atom. The maximum atomic E-state index is 13.5. The molecule has 2 nitrogen and oxygen atoms in total. The molecule has 0 fully saturated rings. The van der Waals surface area contributed by atoms with Crippen LogP contribution in [0.3, 0.4) is 0 Å². The Morgan fingerprint density at radius 1 is 1.10 bits per heavy atom. The van der Waals surface area contributed by atoms with Crippen LogP contribution >= 0.6 is 0 Å². The normalized spacial score (nSPS) is 12.3. The van der Waals surface area contributed by atoms with Crippen molar-refractivity contribution in [3.8, 4) is 0 Å². The highest BCUT2D eigenvalue weighted by Crippen LogP contribution is 2.23. The van der Waals surface area contributed by atoms with Crippen molar-refractivity contribution in [2.45, 2.75) is 39.2 Å². The van der Waals surface area contributed by atoms with E-state index < -0.39 is 0 Å². The zero-order valence-electron chi connectivity index (χ0n) is 12.8. The van der Waals surface area contributed by atoms with Gasteiger partial charge in [0.25, 0.3) is 0 Å². The fourth-order valence-electron chi connectivity index (χ4n) is 2.52. The number of nitrogens with zero attached hydrogens (tertiary/aromatic N) is 1. The maximum absolute atomic E-state index is 13.5. The summed E-state index contributed by atoms with van der Waals surface area (Å²) in [6.07, 6.45) is 6.21. The van der Waals surface area contributed by atoms with Gasteiger partial charge in [0.15, 0.2) is 0 Å². The van der Waals surface area contributed by atoms with Crippen molar-refractivity contribution < 1.29 is 4.39 Å². The summed E-state index contributed by atoms with van der Waals surface area (Å²) in [5.74, 6) is -0.291. The Bertz CT molecular complexity index is 569. The molecule has 0 aliphatic heterocycles. The second-order valence-electron chi connectivity index (χ2n) is 5.32. The van der Waals surface area contributed by atoms with Gasteiger partial charge < -0.3 is 5.32 Å². The number of hydrogen-bond donors (Lipinski definition) is 1. The molecule has 21 heavy (non-hydrogen) atoms. The second kappa shape index (κ2) is 7.89. The van der Waals surface area contributed by atoms with E-state index in [0.29, 0.717) is 0 Å². The molecular weight excluding hydrogens is 263 g/mol. The highest BCUT2D eigenvalue weighted by atomic mass is 19.1. The summed E-state index contributed by atoms with van der Waals surface area (Å²) in [6, 6.07) is 10.1. The fraction of sp³-hybridized carbons (Fsp3) is 0.389. The first kappa shape index (κ1) is 15.6. The van der Waals surface area contributed by atoms with Crippen LogP contribution in [-0.2, 0) is 6.42 Å². The molecule has 112 valence electrons. The number of halogens is 1. The molecule has 0 spiro atoms. The molecule has 0 radical (unpaired) electrons. The van der Waals surface area contributed by atoms with Crippen LogP contribution in [0.4, 0.5) is 4.39 Å². The van der Waals surface area contributed by atoms with Crippen LogP contribution in [0.15, 0.2) is 42.7 Å². The summed E-state index contributed by atoms with van der Waals surface area (Å²) in [5.41, 5.74) is 3.36. The zero-order valence-corrected chi connectivity index (χ0v) is 12.8. The van der Waals surface area contributed by atoms with E-state index >= 15 is 0 Å². The van der Waals surface area contributed by atoms with Crippen LogP contribution in [0.1, 0.15) is 49.4 Å². The summed E-state index contributed by atoms with van der Waals surface area (Å²) in [6.45, 7) is 5.19. The van der Waals surface area contributed by atoms with Crippen LogP contribution in [-0.4, -0.2) is 11.5 Å². The Kier molecular flexibility index (Phi) is 5.88. The summed E-state index contributed by atoms with van der Waals surface area (Å²) in [7, 11) is 0. The van der Waals surface area contributed by atoms with Crippen molar-refractivity contribution in [3.05, 3.63) is 65.2 Å². The van der Waals surface area contributed by atoms with Crippen LogP contribution in [0.5, 0.6) is 0 Å². The van der Waals surface area contributed by atoms with Crippen molar-refractivity contribution in [1.82, 2.24) is 10.3 Å². The maximum Gasteiger partial charge on any atom is 0.141 e. The minimum Gasteiger partial charge on any atom is -0.306 e. The molecule has 0 bridgehead atoms. The summed E-state index contributed by atoms with van der Waals surface area (Å²) < 4.78 is 13.5. The van der Waals surface area contributed by atoms with Crippen LogP contribution < -0.4 is 5.32 Å². The third-order valence-electron chi connectivity index (χ3n) is 3.48. The van der Waals surface area contributed by atoms with E-state index in [9.17, 15) is 4.39 Å². The molecule has 1 N–H and O–H groups in total. The van der Waals surface area contributed by atoms with Gasteiger partial charge in [0.2, 0.25) is 0 Å². The first-order valence-corrected chi connectivity index (χ1v) is 7.67. The Labute approximate surface area is 126 Å². The van der Waals surface area contributed by atoms with E-state index in [0.717, 1.165) is 31.4 Å². The van der Waals surface area contributed by atoms with Gasteiger partial charge in [0.1, 0.15) is 5.82 Å². The van der Waals surface area contributed by atoms with E-state index in [1.165, 1.54) is 17.3 Å². The predicted octanol–water partition coefficient (Wildman–Crippen LogP) is 4.26. The van der Waals surface area contributed by atoms with Crippen molar-refractivity contribution in [2.24, 2.45) is 0 Å². The summed E-state index contributed by atoms with van der Waals surface area (Å²) in [4.78, 5) is 3.98. The van der Waals surface area contributed by atoms with Crippen molar-refractivity contribution in [2.75, 3.05) is 6.54 Å². The van der Waals surface area contributed by atoms with Gasteiger partial charge in [-0.15, -0.1) is 0 Å². The van der Waals surface area contributed by atoms with Gasteiger partial charge in [-0.1, -0.05) is 44.5 Å². The monoisotopic (exact) mass is 286 g/mol. The molecule has 3 heteroatoms. The van der Waals surface area contributed by atoms with Crippen molar-refractivity contribution >= 4 is 0 Å². The molecule has 0 amide bonds. The largest absolute Gasteiger partial charge is 0.306 e. The molecule has 2 rings (SSSR count). The second-order valence-corrected chi connectivity index (χ2v) is 5.32. The van der Waals surface area contributed by atoms with E-state index in [1.54, 1.807) is 12.3 Å². The first-order chi connectivity index (χ1) is 10.2. The van der Waals surface area contributed by atoms with Crippen LogP contribution in [0.25, 0.3) is 0 Å². The highest BCUT2D eigenvalue weighted by Gasteiger charge is 2.14. The molecule has 0 aliphatic rings. The molecule has 2 aromatic rings. The lowest BCUT2D eigenvalue weighted by molar-refractivity contribution is 0.580. The molecule has 0 aliphatic carbocycles. The Morgan fingerprint density at radius 2 is 1.95 bits per heavy atom. The highest BCUT2D eigenvalue weighted by molar-refractivity contribution is 5.33. The number of nitrogens with one attached hydrogen (secondary N) is 1. The summed E-state index contributed by atoms with van der Waals surface area (Å²) >= 11 is 0. The van der Waals surface area contributed by atoms with Gasteiger partial charge >= 0.3 is 0 Å². The Hall–Kier alpha value is -1.74. The van der Waals surface area contributed by atoms with Crippen LogP contribution in [0.2, 0.25) is 0 Å². The standard InChI is InChI=1S/C18H23FN2/c1-3-6-14-7-5-8-15(10-14)18(21-9-4-2)16-11-17(19)13-20-12-16/h5,7-8,10-13,18,21H,3-4,6,9H2,1-2H3. The van der Waals surface area contributed by atoms with Gasteiger partial charge in [0.05, 0.1) is 12.2 Å². The lowest BCUT2D eigenvalue weighted by Gasteiger charge is -2.20. The summed E-state index contributed by atoms with van der Waals surface area (Å²) in [5, 5.41) is 3.49. The smallest absolute Gasteiger partial charge is 0.141 e. The fourth-order valence-corrected chi connectivity index (χ4v) is 2.52. The SMILES string of the molecule is CCCNC(c1cncc(F)c1)c1cccc(CCC)c1. The number of benzene rings is 1. The molecule has 1 unspecified atom stereocenters. The van der Waals surface area contributed by atoms with Crippen LogP contribution in [0, 0.1) is 5.82 Å². The topological polar surface area (TPSA) is 24.9 Å². The number of aryl methyl sites for hydroxylation is 1. The third-order valence-corrected chi connectivity index (χ3v) is 3.48. The van der Waals surface area contributed by atoms with Gasteiger partial charge in [0, 0.05) is 6.20 Å². The van der Waals surface area contributed by atoms with Crippen molar-refractivity contribution in [1.29, 1.82) is 0 Å². The molecule has 1 aromatic carbocycles. The zero-order chi connectivity index (χ0) is 15.1. The third kappa shape index (κ3) is 4.36. The lowest BCUT2D eigenvalue weighted by Crippen LogP contribution is -2.23. The van der Waals surface area contributed by atoms with E-state index in [2.05, 4.69) is 48.4 Å². The number of pyridine rings is 1. The predicted molar refractivity (Wildman–Crippen MR) is 84.8 cm³/mol. The van der Waals surface area contributed by atoms with Crippen molar-refractivity contribution in [3.63, 3.8) is 0 Å². The molecular formula is C18H23FN2. The minimum atomic E-state index is -0.291. The Balaban J connectivity index is 2.33. The molecule has 1 aromatic heterocycles. The molecule has 1 heterocycles. The number of hydrogen-bond acceptors (Lipinski definition) is 2. The van der Waals surface area contributed by atoms with Gasteiger partial charge in [-0.2, -0.15) is 0 Å². The molecule has 1 atom stereocenters. The lowest BCUT2D eigenvalue weighted by atomic mass is 9.97. The van der Waals surface area contributed by atoms with E-state index in [1.807, 2.05) is 0 Å². The number of rotatable bonds is 7. The van der Waals surface area contributed by atoms with E-state index in [4.69, 9.17) is 0 Å².